The summed E-state index contributed by atoms with van der Waals surface area (Å²) in [4.78, 5) is 7.03. The van der Waals surface area contributed by atoms with Crippen molar-refractivity contribution in [1.29, 1.82) is 0 Å². The molecule has 0 bridgehead atoms. The zero-order chi connectivity index (χ0) is 13.1. The van der Waals surface area contributed by atoms with Crippen LogP contribution in [0.25, 0.3) is 11.5 Å². The number of imidazole rings is 1. The van der Waals surface area contributed by atoms with E-state index in [1.165, 1.54) is 0 Å². The molecule has 0 fully saturated rings. The van der Waals surface area contributed by atoms with E-state index in [0.717, 1.165) is 35.0 Å². The van der Waals surface area contributed by atoms with E-state index in [4.69, 9.17) is 4.42 Å². The Bertz CT molecular complexity index is 638. The highest BCUT2D eigenvalue weighted by Gasteiger charge is 2.10. The number of aryl methyl sites for hydroxylation is 1. The van der Waals surface area contributed by atoms with Gasteiger partial charge in [0.1, 0.15) is 11.5 Å². The van der Waals surface area contributed by atoms with E-state index in [2.05, 4.69) is 25.5 Å². The Morgan fingerprint density at radius 1 is 1.26 bits per heavy atom. The van der Waals surface area contributed by atoms with Crippen LogP contribution < -0.4 is 5.32 Å². The summed E-state index contributed by atoms with van der Waals surface area (Å²) in [6, 6.07) is 3.89. The van der Waals surface area contributed by atoms with Crippen LogP contribution in [-0.2, 0) is 13.1 Å². The Morgan fingerprint density at radius 2 is 2.21 bits per heavy atom. The van der Waals surface area contributed by atoms with Crippen LogP contribution in [0.1, 0.15) is 17.0 Å². The van der Waals surface area contributed by atoms with Gasteiger partial charge >= 0.3 is 0 Å². The van der Waals surface area contributed by atoms with Crippen molar-refractivity contribution in [2.75, 3.05) is 0 Å². The maximum atomic E-state index is 5.61. The molecule has 19 heavy (non-hydrogen) atoms. The fraction of sp³-hybridized carbons (Fsp3) is 0.231. The molecule has 0 aliphatic rings. The van der Waals surface area contributed by atoms with Crippen LogP contribution >= 0.6 is 0 Å². The molecular formula is C13H15N5O. The fourth-order valence-electron chi connectivity index (χ4n) is 1.94. The first-order valence-electron chi connectivity index (χ1n) is 6.10. The number of aromatic amines is 2. The van der Waals surface area contributed by atoms with E-state index in [0.29, 0.717) is 6.54 Å². The minimum Gasteiger partial charge on any atom is -0.460 e. The highest BCUT2D eigenvalue weighted by atomic mass is 16.3. The maximum Gasteiger partial charge on any atom is 0.152 e. The van der Waals surface area contributed by atoms with Crippen molar-refractivity contribution in [3.8, 4) is 11.5 Å². The Kier molecular flexibility index (Phi) is 3.16. The molecule has 0 saturated heterocycles. The Balaban J connectivity index is 1.67. The van der Waals surface area contributed by atoms with Gasteiger partial charge in [0.2, 0.25) is 0 Å². The first-order valence-corrected chi connectivity index (χ1v) is 6.10. The first kappa shape index (κ1) is 11.7. The second-order valence-corrected chi connectivity index (χ2v) is 4.36. The van der Waals surface area contributed by atoms with Gasteiger partial charge in [-0.2, -0.15) is 5.10 Å². The number of hydrogen-bond acceptors (Lipinski definition) is 4. The highest BCUT2D eigenvalue weighted by molar-refractivity contribution is 5.56. The highest BCUT2D eigenvalue weighted by Crippen LogP contribution is 2.23. The Morgan fingerprint density at radius 3 is 2.95 bits per heavy atom. The predicted molar refractivity (Wildman–Crippen MR) is 70.2 cm³/mol. The molecule has 3 aromatic heterocycles. The summed E-state index contributed by atoms with van der Waals surface area (Å²) in [6.07, 6.45) is 5.29. The number of nitrogens with zero attached hydrogens (tertiary/aromatic N) is 2. The molecule has 3 aromatic rings. The second-order valence-electron chi connectivity index (χ2n) is 4.36. The van der Waals surface area contributed by atoms with Crippen molar-refractivity contribution < 1.29 is 4.42 Å². The molecule has 0 aliphatic carbocycles. The van der Waals surface area contributed by atoms with Crippen molar-refractivity contribution in [2.24, 2.45) is 0 Å². The van der Waals surface area contributed by atoms with Crippen LogP contribution in [0.15, 0.2) is 35.3 Å². The van der Waals surface area contributed by atoms with Crippen molar-refractivity contribution in [1.82, 2.24) is 25.5 Å². The topological polar surface area (TPSA) is 82.5 Å². The van der Waals surface area contributed by atoms with Crippen LogP contribution in [0.2, 0.25) is 0 Å². The molecule has 3 heterocycles. The lowest BCUT2D eigenvalue weighted by Crippen LogP contribution is -2.13. The molecule has 0 saturated carbocycles. The standard InChI is InChI=1S/C13H15N5O/c1-9-2-3-12(19-9)13-10(5-17-18-13)4-14-6-11-7-15-8-16-11/h2-3,5,7-8,14H,4,6H2,1H3,(H,15,16)(H,17,18). The van der Waals surface area contributed by atoms with Gasteiger partial charge in [-0.15, -0.1) is 0 Å². The first-order chi connectivity index (χ1) is 9.33. The smallest absolute Gasteiger partial charge is 0.152 e. The summed E-state index contributed by atoms with van der Waals surface area (Å²) < 4.78 is 5.61. The molecular weight excluding hydrogens is 242 g/mol. The van der Waals surface area contributed by atoms with Crippen molar-refractivity contribution >= 4 is 0 Å². The number of rotatable bonds is 5. The van der Waals surface area contributed by atoms with Crippen molar-refractivity contribution in [3.05, 3.63) is 47.9 Å². The van der Waals surface area contributed by atoms with Gasteiger partial charge in [-0.05, 0) is 19.1 Å². The third-order valence-electron chi connectivity index (χ3n) is 2.89. The molecule has 0 aromatic carbocycles. The van der Waals surface area contributed by atoms with Gasteiger partial charge in [-0.3, -0.25) is 5.10 Å². The van der Waals surface area contributed by atoms with Gasteiger partial charge in [0, 0.05) is 30.5 Å². The molecule has 3 N–H and O–H groups in total. The van der Waals surface area contributed by atoms with Gasteiger partial charge in [0.05, 0.1) is 12.5 Å². The molecule has 6 heteroatoms. The molecule has 0 spiro atoms. The summed E-state index contributed by atoms with van der Waals surface area (Å²) in [6.45, 7) is 3.38. The van der Waals surface area contributed by atoms with Crippen LogP contribution in [-0.4, -0.2) is 20.2 Å². The van der Waals surface area contributed by atoms with E-state index in [1.54, 1.807) is 12.5 Å². The summed E-state index contributed by atoms with van der Waals surface area (Å²) in [7, 11) is 0. The SMILES string of the molecule is Cc1ccc(-c2[nH]ncc2CNCc2cnc[nH]2)o1. The maximum absolute atomic E-state index is 5.61. The lowest BCUT2D eigenvalue weighted by Gasteiger charge is -2.03. The third-order valence-corrected chi connectivity index (χ3v) is 2.89. The summed E-state index contributed by atoms with van der Waals surface area (Å²) in [5, 5.41) is 10.4. The van der Waals surface area contributed by atoms with E-state index in [1.807, 2.05) is 25.3 Å². The van der Waals surface area contributed by atoms with Gasteiger partial charge in [0.25, 0.3) is 0 Å². The van der Waals surface area contributed by atoms with E-state index < -0.39 is 0 Å². The van der Waals surface area contributed by atoms with Crippen LogP contribution in [0.4, 0.5) is 0 Å². The molecule has 3 rings (SSSR count). The largest absolute Gasteiger partial charge is 0.460 e. The normalized spacial score (nSPS) is 11.0. The average Bonchev–Trinajstić information content (AvgIpc) is 3.10. The van der Waals surface area contributed by atoms with Gasteiger partial charge in [-0.25, -0.2) is 4.98 Å². The van der Waals surface area contributed by atoms with E-state index in [9.17, 15) is 0 Å². The van der Waals surface area contributed by atoms with Crippen molar-refractivity contribution in [2.45, 2.75) is 20.0 Å². The molecule has 0 aliphatic heterocycles. The predicted octanol–water partition coefficient (Wildman–Crippen LogP) is 1.99. The Hall–Kier alpha value is -2.34. The lowest BCUT2D eigenvalue weighted by molar-refractivity contribution is 0.545. The summed E-state index contributed by atoms with van der Waals surface area (Å²) >= 11 is 0. The second kappa shape index (κ2) is 5.11. The molecule has 98 valence electrons. The molecule has 6 nitrogen and oxygen atoms in total. The number of aromatic nitrogens is 4. The van der Waals surface area contributed by atoms with Gasteiger partial charge < -0.3 is 14.7 Å². The number of hydrogen-bond donors (Lipinski definition) is 3. The monoisotopic (exact) mass is 257 g/mol. The third kappa shape index (κ3) is 2.58. The zero-order valence-corrected chi connectivity index (χ0v) is 10.6. The summed E-state index contributed by atoms with van der Waals surface area (Å²) in [5.41, 5.74) is 3.05. The lowest BCUT2D eigenvalue weighted by atomic mass is 10.2. The Labute approximate surface area is 110 Å². The van der Waals surface area contributed by atoms with Crippen LogP contribution in [0, 0.1) is 6.92 Å². The number of H-pyrrole nitrogens is 2. The van der Waals surface area contributed by atoms with Gasteiger partial charge in [-0.1, -0.05) is 0 Å². The molecule has 0 atom stereocenters. The minimum absolute atomic E-state index is 0.713. The van der Waals surface area contributed by atoms with Crippen molar-refractivity contribution in [3.63, 3.8) is 0 Å². The minimum atomic E-state index is 0.713. The number of nitrogens with one attached hydrogen (secondary N) is 3. The fourth-order valence-corrected chi connectivity index (χ4v) is 1.94. The number of furan rings is 1. The average molecular weight is 257 g/mol. The zero-order valence-electron chi connectivity index (χ0n) is 10.6. The quantitative estimate of drug-likeness (QED) is 0.652. The molecule has 0 unspecified atom stereocenters. The van der Waals surface area contributed by atoms with Crippen LogP contribution in [0.3, 0.4) is 0 Å². The van der Waals surface area contributed by atoms with E-state index in [-0.39, 0.29) is 0 Å². The van der Waals surface area contributed by atoms with E-state index >= 15 is 0 Å². The van der Waals surface area contributed by atoms with Gasteiger partial charge in [0.15, 0.2) is 5.76 Å². The summed E-state index contributed by atoms with van der Waals surface area (Å²) in [5.74, 6) is 1.70. The molecule has 0 radical (unpaired) electrons. The van der Waals surface area contributed by atoms with Crippen LogP contribution in [0.5, 0.6) is 0 Å². The molecule has 0 amide bonds.